The Hall–Kier alpha value is -2.93. The van der Waals surface area contributed by atoms with Gasteiger partial charge in [-0.3, -0.25) is 10.1 Å². The molecule has 3 aromatic rings. The third-order valence-electron chi connectivity index (χ3n) is 6.93. The molecular weight excluding hydrogens is 472 g/mol. The molecule has 2 atom stereocenters. The summed E-state index contributed by atoms with van der Waals surface area (Å²) in [6, 6.07) is 15.2. The molecule has 0 bridgehead atoms. The number of aromatic amines is 1. The minimum Gasteiger partial charge on any atom is -0.486 e. The standard InChI is InChI=1S/C29H33ClN4O2/c1-19-16-31-18-26(30)29(19)20(2)36-24-8-10-28-25(15-24)27(33-34-28)9-7-21-3-5-22(6-4-21)17-32-23-11-13-35-14-12-23/h3-10,15,18-20,23,32H,11-14,16-17H2,1-2H3,(H,33,34)/b9-7+. The van der Waals surface area contributed by atoms with Gasteiger partial charge in [-0.15, -0.1) is 0 Å². The molecule has 188 valence electrons. The summed E-state index contributed by atoms with van der Waals surface area (Å²) in [7, 11) is 0. The van der Waals surface area contributed by atoms with E-state index in [4.69, 9.17) is 21.1 Å². The van der Waals surface area contributed by atoms with E-state index in [2.05, 4.69) is 57.8 Å². The van der Waals surface area contributed by atoms with E-state index in [0.717, 1.165) is 72.6 Å². The fraction of sp³-hybridized carbons (Fsp3) is 0.379. The summed E-state index contributed by atoms with van der Waals surface area (Å²) in [6.07, 6.45) is 7.90. The van der Waals surface area contributed by atoms with Gasteiger partial charge < -0.3 is 14.8 Å². The maximum Gasteiger partial charge on any atom is 0.121 e. The number of benzene rings is 2. The number of allylic oxidation sites excluding steroid dienone is 1. The number of hydrogen-bond donors (Lipinski definition) is 2. The number of nitrogens with one attached hydrogen (secondary N) is 2. The van der Waals surface area contributed by atoms with Gasteiger partial charge in [-0.05, 0) is 60.7 Å². The van der Waals surface area contributed by atoms with Crippen LogP contribution in [0.1, 0.15) is 43.5 Å². The van der Waals surface area contributed by atoms with Crippen molar-refractivity contribution in [2.24, 2.45) is 10.9 Å². The molecule has 2 aliphatic rings. The van der Waals surface area contributed by atoms with Gasteiger partial charge in [0.2, 0.25) is 0 Å². The number of aliphatic imine (C=N–C) groups is 1. The topological polar surface area (TPSA) is 71.5 Å². The van der Waals surface area contributed by atoms with Crippen molar-refractivity contribution in [1.29, 1.82) is 0 Å². The quantitative estimate of drug-likeness (QED) is 0.395. The lowest BCUT2D eigenvalue weighted by atomic mass is 9.94. The zero-order valence-electron chi connectivity index (χ0n) is 20.8. The van der Waals surface area contributed by atoms with Crippen LogP contribution in [0.3, 0.4) is 0 Å². The Morgan fingerprint density at radius 2 is 1.97 bits per heavy atom. The summed E-state index contributed by atoms with van der Waals surface area (Å²) >= 11 is 6.42. The van der Waals surface area contributed by atoms with Crippen LogP contribution < -0.4 is 10.1 Å². The molecule has 0 saturated carbocycles. The molecule has 5 rings (SSSR count). The lowest BCUT2D eigenvalue weighted by molar-refractivity contribution is 0.0776. The van der Waals surface area contributed by atoms with Crippen molar-refractivity contribution in [1.82, 2.24) is 15.5 Å². The number of rotatable bonds is 8. The summed E-state index contributed by atoms with van der Waals surface area (Å²) < 4.78 is 11.7. The van der Waals surface area contributed by atoms with Gasteiger partial charge in [0, 0.05) is 49.9 Å². The lowest BCUT2D eigenvalue weighted by Gasteiger charge is -2.25. The van der Waals surface area contributed by atoms with Crippen molar-refractivity contribution >= 4 is 40.9 Å². The number of dihydropyridines is 1. The van der Waals surface area contributed by atoms with Crippen molar-refractivity contribution in [2.75, 3.05) is 19.8 Å². The molecule has 0 radical (unpaired) electrons. The first-order valence-electron chi connectivity index (χ1n) is 12.7. The Bertz CT molecular complexity index is 1270. The van der Waals surface area contributed by atoms with E-state index in [1.165, 1.54) is 5.56 Å². The Balaban J connectivity index is 1.25. The average molecular weight is 505 g/mol. The summed E-state index contributed by atoms with van der Waals surface area (Å²) in [5.74, 6) is 1.05. The summed E-state index contributed by atoms with van der Waals surface area (Å²) in [4.78, 5) is 4.31. The van der Waals surface area contributed by atoms with E-state index >= 15 is 0 Å². The first-order chi connectivity index (χ1) is 17.6. The van der Waals surface area contributed by atoms with E-state index in [1.54, 1.807) is 6.21 Å². The van der Waals surface area contributed by atoms with Gasteiger partial charge >= 0.3 is 0 Å². The monoisotopic (exact) mass is 504 g/mol. The highest BCUT2D eigenvalue weighted by atomic mass is 35.5. The molecule has 3 heterocycles. The van der Waals surface area contributed by atoms with Gasteiger partial charge in [-0.1, -0.05) is 48.9 Å². The molecule has 1 fully saturated rings. The molecule has 1 saturated heterocycles. The van der Waals surface area contributed by atoms with Crippen LogP contribution in [-0.2, 0) is 11.3 Å². The minimum atomic E-state index is -0.137. The van der Waals surface area contributed by atoms with Crippen molar-refractivity contribution in [2.45, 2.75) is 45.4 Å². The smallest absolute Gasteiger partial charge is 0.121 e. The van der Waals surface area contributed by atoms with E-state index in [-0.39, 0.29) is 12.0 Å². The molecule has 7 heteroatoms. The number of ether oxygens (including phenoxy) is 2. The summed E-state index contributed by atoms with van der Waals surface area (Å²) in [5.41, 5.74) is 5.36. The van der Waals surface area contributed by atoms with Gasteiger partial charge in [-0.2, -0.15) is 5.10 Å². The number of fused-ring (bicyclic) bond motifs is 1. The normalized spacial score (nSPS) is 19.9. The maximum absolute atomic E-state index is 6.42. The van der Waals surface area contributed by atoms with E-state index in [1.807, 2.05) is 31.2 Å². The predicted octanol–water partition coefficient (Wildman–Crippen LogP) is 5.98. The third kappa shape index (κ3) is 5.89. The Kier molecular flexibility index (Phi) is 7.85. The second-order valence-corrected chi connectivity index (χ2v) is 10.0. The molecule has 0 amide bonds. The fourth-order valence-electron chi connectivity index (χ4n) is 4.86. The number of aromatic nitrogens is 2. The molecule has 2 N–H and O–H groups in total. The van der Waals surface area contributed by atoms with Gasteiger partial charge in [0.15, 0.2) is 0 Å². The third-order valence-corrected chi connectivity index (χ3v) is 7.25. The summed E-state index contributed by atoms with van der Waals surface area (Å²) in [5, 5.41) is 13.0. The number of H-pyrrole nitrogens is 1. The van der Waals surface area contributed by atoms with Crippen LogP contribution in [0.15, 0.2) is 58.1 Å². The van der Waals surface area contributed by atoms with Crippen LogP contribution in [0, 0.1) is 5.92 Å². The van der Waals surface area contributed by atoms with E-state index in [0.29, 0.717) is 11.1 Å². The lowest BCUT2D eigenvalue weighted by Crippen LogP contribution is -2.34. The summed E-state index contributed by atoms with van der Waals surface area (Å²) in [6.45, 7) is 7.51. The van der Waals surface area contributed by atoms with Gasteiger partial charge in [0.25, 0.3) is 0 Å². The second kappa shape index (κ2) is 11.4. The van der Waals surface area contributed by atoms with Gasteiger partial charge in [-0.25, -0.2) is 0 Å². The molecule has 2 aliphatic heterocycles. The number of nitrogens with zero attached hydrogens (tertiary/aromatic N) is 2. The van der Waals surface area contributed by atoms with Crippen LogP contribution >= 0.6 is 11.6 Å². The van der Waals surface area contributed by atoms with Crippen molar-refractivity contribution in [3.05, 3.63) is 69.9 Å². The van der Waals surface area contributed by atoms with Crippen LogP contribution in [0.5, 0.6) is 5.75 Å². The predicted molar refractivity (Wildman–Crippen MR) is 148 cm³/mol. The molecule has 0 spiro atoms. The van der Waals surface area contributed by atoms with Crippen LogP contribution in [-0.4, -0.2) is 48.3 Å². The van der Waals surface area contributed by atoms with Crippen molar-refractivity contribution in [3.8, 4) is 5.75 Å². The first kappa shape index (κ1) is 24.8. The highest BCUT2D eigenvalue weighted by molar-refractivity contribution is 6.39. The fourth-order valence-corrected chi connectivity index (χ4v) is 5.27. The maximum atomic E-state index is 6.42. The van der Waals surface area contributed by atoms with Crippen LogP contribution in [0.4, 0.5) is 0 Å². The molecule has 2 aromatic carbocycles. The average Bonchev–Trinajstić information content (AvgIpc) is 3.29. The molecule has 6 nitrogen and oxygen atoms in total. The zero-order valence-corrected chi connectivity index (χ0v) is 21.6. The second-order valence-electron chi connectivity index (χ2n) is 9.62. The zero-order chi connectivity index (χ0) is 24.9. The Labute approximate surface area is 217 Å². The number of halogens is 1. The van der Waals surface area contributed by atoms with Crippen LogP contribution in [0.2, 0.25) is 0 Å². The molecule has 2 unspecified atom stereocenters. The van der Waals surface area contributed by atoms with Crippen molar-refractivity contribution in [3.63, 3.8) is 0 Å². The van der Waals surface area contributed by atoms with Gasteiger partial charge in [0.05, 0.1) is 16.2 Å². The molecule has 1 aromatic heterocycles. The number of hydrogen-bond acceptors (Lipinski definition) is 5. The van der Waals surface area contributed by atoms with E-state index < -0.39 is 0 Å². The van der Waals surface area contributed by atoms with Gasteiger partial charge in [0.1, 0.15) is 11.9 Å². The molecule has 0 aliphatic carbocycles. The Morgan fingerprint density at radius 3 is 2.75 bits per heavy atom. The first-order valence-corrected chi connectivity index (χ1v) is 13.1. The SMILES string of the molecule is CC1CN=CC(Cl)=C1C(C)Oc1ccc2[nH]nc(/C=C/c3ccc(CNC4CCOCC4)cc3)c2c1. The largest absolute Gasteiger partial charge is 0.486 e. The molecular formula is C29H33ClN4O2. The molecule has 36 heavy (non-hydrogen) atoms. The highest BCUT2D eigenvalue weighted by Gasteiger charge is 2.23. The van der Waals surface area contributed by atoms with E-state index in [9.17, 15) is 0 Å². The van der Waals surface area contributed by atoms with Crippen molar-refractivity contribution < 1.29 is 9.47 Å². The minimum absolute atomic E-state index is 0.137. The Morgan fingerprint density at radius 1 is 1.17 bits per heavy atom. The van der Waals surface area contributed by atoms with Crippen LogP contribution in [0.25, 0.3) is 23.1 Å². The highest BCUT2D eigenvalue weighted by Crippen LogP contribution is 2.30.